The van der Waals surface area contributed by atoms with E-state index in [-0.39, 0.29) is 0 Å². The van der Waals surface area contributed by atoms with Crippen molar-refractivity contribution in [2.24, 2.45) is 11.1 Å². The second-order valence-electron chi connectivity index (χ2n) is 4.82. The van der Waals surface area contributed by atoms with Gasteiger partial charge in [0.25, 0.3) is 0 Å². The SMILES string of the molecule is NCC1(CCCOc2ccccc2)CCC1. The molecule has 0 heterocycles. The summed E-state index contributed by atoms with van der Waals surface area (Å²) in [7, 11) is 0. The van der Waals surface area contributed by atoms with E-state index < -0.39 is 0 Å². The molecule has 0 radical (unpaired) electrons. The molecule has 16 heavy (non-hydrogen) atoms. The molecule has 0 spiro atoms. The summed E-state index contributed by atoms with van der Waals surface area (Å²) in [6.07, 6.45) is 6.32. The average Bonchev–Trinajstić information content (AvgIpc) is 2.29. The molecule has 2 rings (SSSR count). The standard InChI is InChI=1S/C14H21NO/c15-12-14(8-4-9-14)10-5-11-16-13-6-2-1-3-7-13/h1-3,6-7H,4-5,8-12,15H2. The smallest absolute Gasteiger partial charge is 0.119 e. The lowest BCUT2D eigenvalue weighted by Crippen LogP contribution is -2.37. The van der Waals surface area contributed by atoms with Crippen molar-refractivity contribution in [3.8, 4) is 5.75 Å². The highest BCUT2D eigenvalue weighted by Gasteiger charge is 2.34. The molecule has 1 fully saturated rings. The van der Waals surface area contributed by atoms with Gasteiger partial charge in [-0.1, -0.05) is 24.6 Å². The Morgan fingerprint density at radius 3 is 2.50 bits per heavy atom. The third-order valence-electron chi connectivity index (χ3n) is 3.71. The third kappa shape index (κ3) is 2.76. The van der Waals surface area contributed by atoms with Crippen LogP contribution < -0.4 is 10.5 Å². The first kappa shape index (κ1) is 11.5. The summed E-state index contributed by atoms with van der Waals surface area (Å²) in [4.78, 5) is 0. The molecule has 0 atom stereocenters. The van der Waals surface area contributed by atoms with Gasteiger partial charge in [0, 0.05) is 0 Å². The van der Waals surface area contributed by atoms with Gasteiger partial charge in [-0.2, -0.15) is 0 Å². The molecule has 0 aliphatic heterocycles. The Bertz CT molecular complexity index is 300. The maximum atomic E-state index is 5.82. The van der Waals surface area contributed by atoms with Crippen LogP contribution >= 0.6 is 0 Å². The molecule has 1 aliphatic carbocycles. The number of rotatable bonds is 6. The van der Waals surface area contributed by atoms with Gasteiger partial charge >= 0.3 is 0 Å². The van der Waals surface area contributed by atoms with Gasteiger partial charge in [-0.3, -0.25) is 0 Å². The van der Waals surface area contributed by atoms with E-state index in [1.807, 2.05) is 30.3 Å². The summed E-state index contributed by atoms with van der Waals surface area (Å²) in [5, 5.41) is 0. The van der Waals surface area contributed by atoms with Gasteiger partial charge in [0.2, 0.25) is 0 Å². The molecule has 1 saturated carbocycles. The van der Waals surface area contributed by atoms with Gasteiger partial charge in [0.05, 0.1) is 6.61 Å². The molecule has 1 aromatic rings. The van der Waals surface area contributed by atoms with Crippen molar-refractivity contribution >= 4 is 0 Å². The molecule has 1 aliphatic rings. The lowest BCUT2D eigenvalue weighted by molar-refractivity contribution is 0.118. The van der Waals surface area contributed by atoms with Crippen LogP contribution in [-0.2, 0) is 0 Å². The molecular weight excluding hydrogens is 198 g/mol. The fourth-order valence-electron chi connectivity index (χ4n) is 2.39. The van der Waals surface area contributed by atoms with Crippen molar-refractivity contribution in [1.82, 2.24) is 0 Å². The van der Waals surface area contributed by atoms with E-state index in [1.165, 1.54) is 25.7 Å². The second kappa shape index (κ2) is 5.35. The molecule has 0 unspecified atom stereocenters. The quantitative estimate of drug-likeness (QED) is 0.746. The third-order valence-corrected chi connectivity index (χ3v) is 3.71. The van der Waals surface area contributed by atoms with Crippen molar-refractivity contribution in [3.63, 3.8) is 0 Å². The van der Waals surface area contributed by atoms with Crippen LogP contribution in [0.25, 0.3) is 0 Å². The number of benzene rings is 1. The summed E-state index contributed by atoms with van der Waals surface area (Å²) < 4.78 is 5.67. The fourth-order valence-corrected chi connectivity index (χ4v) is 2.39. The van der Waals surface area contributed by atoms with Crippen LogP contribution in [0.1, 0.15) is 32.1 Å². The van der Waals surface area contributed by atoms with E-state index in [0.29, 0.717) is 5.41 Å². The van der Waals surface area contributed by atoms with Crippen LogP contribution in [0, 0.1) is 5.41 Å². The van der Waals surface area contributed by atoms with Gasteiger partial charge in [0.15, 0.2) is 0 Å². The van der Waals surface area contributed by atoms with E-state index in [0.717, 1.165) is 25.3 Å². The highest BCUT2D eigenvalue weighted by molar-refractivity contribution is 5.20. The van der Waals surface area contributed by atoms with Crippen LogP contribution in [0.5, 0.6) is 5.75 Å². The Hall–Kier alpha value is -1.02. The zero-order chi connectivity index (χ0) is 11.3. The Labute approximate surface area is 97.8 Å². The summed E-state index contributed by atoms with van der Waals surface area (Å²) in [6, 6.07) is 10.0. The first-order chi connectivity index (χ1) is 7.85. The predicted octanol–water partition coefficient (Wildman–Crippen LogP) is 2.97. The summed E-state index contributed by atoms with van der Waals surface area (Å²) >= 11 is 0. The van der Waals surface area contributed by atoms with Gasteiger partial charge in [-0.05, 0) is 49.8 Å². The normalized spacial score (nSPS) is 17.8. The van der Waals surface area contributed by atoms with E-state index in [2.05, 4.69) is 0 Å². The van der Waals surface area contributed by atoms with Gasteiger partial charge in [-0.15, -0.1) is 0 Å². The molecule has 0 amide bonds. The van der Waals surface area contributed by atoms with Crippen LogP contribution in [-0.4, -0.2) is 13.2 Å². The lowest BCUT2D eigenvalue weighted by atomic mass is 9.66. The molecule has 1 aromatic carbocycles. The number of nitrogens with two attached hydrogens (primary N) is 1. The average molecular weight is 219 g/mol. The van der Waals surface area contributed by atoms with Gasteiger partial charge < -0.3 is 10.5 Å². The summed E-state index contributed by atoms with van der Waals surface area (Å²) in [5.41, 5.74) is 6.28. The van der Waals surface area contributed by atoms with Crippen molar-refractivity contribution in [3.05, 3.63) is 30.3 Å². The number of hydrogen-bond donors (Lipinski definition) is 1. The van der Waals surface area contributed by atoms with E-state index in [9.17, 15) is 0 Å². The Kier molecular flexibility index (Phi) is 3.83. The molecule has 2 N–H and O–H groups in total. The molecular formula is C14H21NO. The second-order valence-corrected chi connectivity index (χ2v) is 4.82. The minimum atomic E-state index is 0.458. The lowest BCUT2D eigenvalue weighted by Gasteiger charge is -2.41. The van der Waals surface area contributed by atoms with Crippen molar-refractivity contribution in [2.75, 3.05) is 13.2 Å². The summed E-state index contributed by atoms with van der Waals surface area (Å²) in [5.74, 6) is 0.970. The Morgan fingerprint density at radius 2 is 1.94 bits per heavy atom. The fraction of sp³-hybridized carbons (Fsp3) is 0.571. The highest BCUT2D eigenvalue weighted by atomic mass is 16.5. The molecule has 0 bridgehead atoms. The Balaban J connectivity index is 1.65. The highest BCUT2D eigenvalue weighted by Crippen LogP contribution is 2.43. The first-order valence-electron chi connectivity index (χ1n) is 6.23. The topological polar surface area (TPSA) is 35.2 Å². The van der Waals surface area contributed by atoms with Gasteiger partial charge in [-0.25, -0.2) is 0 Å². The molecule has 0 aromatic heterocycles. The molecule has 88 valence electrons. The minimum Gasteiger partial charge on any atom is -0.494 e. The Morgan fingerprint density at radius 1 is 1.19 bits per heavy atom. The van der Waals surface area contributed by atoms with Crippen molar-refractivity contribution in [1.29, 1.82) is 0 Å². The van der Waals surface area contributed by atoms with Crippen molar-refractivity contribution < 1.29 is 4.74 Å². The zero-order valence-corrected chi connectivity index (χ0v) is 9.82. The molecule has 0 saturated heterocycles. The van der Waals surface area contributed by atoms with E-state index in [4.69, 9.17) is 10.5 Å². The minimum absolute atomic E-state index is 0.458. The maximum absolute atomic E-state index is 5.82. The largest absolute Gasteiger partial charge is 0.494 e. The number of ether oxygens (including phenoxy) is 1. The number of hydrogen-bond acceptors (Lipinski definition) is 2. The van der Waals surface area contributed by atoms with E-state index >= 15 is 0 Å². The number of para-hydroxylation sites is 1. The first-order valence-corrected chi connectivity index (χ1v) is 6.23. The molecule has 2 nitrogen and oxygen atoms in total. The van der Waals surface area contributed by atoms with E-state index in [1.54, 1.807) is 0 Å². The monoisotopic (exact) mass is 219 g/mol. The van der Waals surface area contributed by atoms with Crippen LogP contribution in [0.3, 0.4) is 0 Å². The van der Waals surface area contributed by atoms with Gasteiger partial charge in [0.1, 0.15) is 5.75 Å². The predicted molar refractivity (Wildman–Crippen MR) is 66.5 cm³/mol. The van der Waals surface area contributed by atoms with Crippen LogP contribution in [0.15, 0.2) is 30.3 Å². The van der Waals surface area contributed by atoms with Crippen LogP contribution in [0.4, 0.5) is 0 Å². The molecule has 2 heteroatoms. The van der Waals surface area contributed by atoms with Crippen LogP contribution in [0.2, 0.25) is 0 Å². The summed E-state index contributed by atoms with van der Waals surface area (Å²) in [6.45, 7) is 1.66. The van der Waals surface area contributed by atoms with Crippen molar-refractivity contribution in [2.45, 2.75) is 32.1 Å². The maximum Gasteiger partial charge on any atom is 0.119 e. The zero-order valence-electron chi connectivity index (χ0n) is 9.82.